The van der Waals surface area contributed by atoms with E-state index in [2.05, 4.69) is 4.99 Å². The van der Waals surface area contributed by atoms with Crippen LogP contribution in [0.2, 0.25) is 0 Å². The van der Waals surface area contributed by atoms with Gasteiger partial charge in [-0.25, -0.2) is 0 Å². The van der Waals surface area contributed by atoms with Crippen molar-refractivity contribution in [1.29, 1.82) is 0 Å². The number of hydrogen-bond donors (Lipinski definition) is 1. The first-order chi connectivity index (χ1) is 9.28. The molecule has 0 fully saturated rings. The lowest BCUT2D eigenvalue weighted by atomic mass is 9.96. The molecule has 2 aromatic rings. The Bertz CT molecular complexity index is 609. The van der Waals surface area contributed by atoms with Gasteiger partial charge < -0.3 is 10.5 Å². The molecule has 2 aromatic carbocycles. The van der Waals surface area contributed by atoms with Crippen LogP contribution in [0.1, 0.15) is 0 Å². The standard InChI is InChI=1S/C15H13BN2O/c16-12-4-1-6-14(10-12)19-15-7-2-5-13(11-15)18-9-3-8-17/h1-11H,17H2. The van der Waals surface area contributed by atoms with Crippen molar-refractivity contribution in [1.82, 2.24) is 0 Å². The Morgan fingerprint density at radius 3 is 2.53 bits per heavy atom. The molecule has 0 aliphatic rings. The average Bonchev–Trinajstić information content (AvgIpc) is 2.39. The number of rotatable bonds is 4. The fourth-order valence-corrected chi connectivity index (χ4v) is 1.52. The second kappa shape index (κ2) is 6.45. The zero-order valence-corrected chi connectivity index (χ0v) is 10.4. The van der Waals surface area contributed by atoms with Gasteiger partial charge in [0.15, 0.2) is 0 Å². The molecule has 0 aliphatic heterocycles. The van der Waals surface area contributed by atoms with Crippen LogP contribution < -0.4 is 15.9 Å². The van der Waals surface area contributed by atoms with Crippen molar-refractivity contribution in [3.05, 3.63) is 60.8 Å². The molecule has 0 saturated carbocycles. The third-order valence-electron chi connectivity index (χ3n) is 2.33. The van der Waals surface area contributed by atoms with Gasteiger partial charge in [0, 0.05) is 12.3 Å². The first-order valence-electron chi connectivity index (χ1n) is 5.82. The normalized spacial score (nSPS) is 11.2. The van der Waals surface area contributed by atoms with Gasteiger partial charge in [0.2, 0.25) is 0 Å². The lowest BCUT2D eigenvalue weighted by Crippen LogP contribution is -2.00. The summed E-state index contributed by atoms with van der Waals surface area (Å²) in [7, 11) is 5.70. The minimum Gasteiger partial charge on any atom is -0.457 e. The largest absolute Gasteiger partial charge is 0.457 e. The van der Waals surface area contributed by atoms with Gasteiger partial charge in [0.05, 0.1) is 5.69 Å². The number of ether oxygens (including phenoxy) is 1. The van der Waals surface area contributed by atoms with Crippen molar-refractivity contribution >= 4 is 25.2 Å². The Hall–Kier alpha value is -2.49. The van der Waals surface area contributed by atoms with Gasteiger partial charge >= 0.3 is 0 Å². The summed E-state index contributed by atoms with van der Waals surface area (Å²) in [5.41, 5.74) is 6.69. The molecule has 0 spiro atoms. The highest BCUT2D eigenvalue weighted by molar-refractivity contribution is 6.32. The minimum absolute atomic E-state index is 0.666. The van der Waals surface area contributed by atoms with Crippen LogP contribution in [0.4, 0.5) is 5.69 Å². The van der Waals surface area contributed by atoms with Crippen LogP contribution in [-0.4, -0.2) is 14.1 Å². The predicted molar refractivity (Wildman–Crippen MR) is 79.8 cm³/mol. The van der Waals surface area contributed by atoms with Gasteiger partial charge in [-0.1, -0.05) is 23.7 Å². The molecule has 2 radical (unpaired) electrons. The molecule has 0 aliphatic carbocycles. The summed E-state index contributed by atoms with van der Waals surface area (Å²) in [6.07, 6.45) is 4.71. The molecular weight excluding hydrogens is 235 g/mol. The maximum atomic E-state index is 5.71. The van der Waals surface area contributed by atoms with Crippen molar-refractivity contribution in [2.75, 3.05) is 0 Å². The van der Waals surface area contributed by atoms with E-state index in [1.807, 2.05) is 42.5 Å². The first kappa shape index (κ1) is 13.0. The Morgan fingerprint density at radius 2 is 1.79 bits per heavy atom. The van der Waals surface area contributed by atoms with Gasteiger partial charge in [-0.2, -0.15) is 0 Å². The smallest absolute Gasteiger partial charge is 0.129 e. The lowest BCUT2D eigenvalue weighted by molar-refractivity contribution is 0.483. The fourth-order valence-electron chi connectivity index (χ4n) is 1.52. The summed E-state index contributed by atoms with van der Waals surface area (Å²) >= 11 is 0. The van der Waals surface area contributed by atoms with E-state index in [4.69, 9.17) is 18.3 Å². The van der Waals surface area contributed by atoms with Gasteiger partial charge in [-0.15, -0.1) is 0 Å². The maximum absolute atomic E-state index is 5.71. The van der Waals surface area contributed by atoms with Crippen LogP contribution >= 0.6 is 0 Å². The summed E-state index contributed by atoms with van der Waals surface area (Å²) < 4.78 is 5.71. The molecular formula is C15H13BN2O. The highest BCUT2D eigenvalue weighted by atomic mass is 16.5. The van der Waals surface area contributed by atoms with E-state index < -0.39 is 0 Å². The van der Waals surface area contributed by atoms with Crippen molar-refractivity contribution in [2.45, 2.75) is 0 Å². The Kier molecular flexibility index (Phi) is 4.40. The van der Waals surface area contributed by atoms with E-state index in [0.717, 1.165) is 5.69 Å². The SMILES string of the molecule is [B]c1cccc(Oc2cccc(N=CC=CN)c2)c1. The molecule has 4 heteroatoms. The number of aliphatic imine (C=N–C) groups is 1. The summed E-state index contributed by atoms with van der Waals surface area (Å²) in [5, 5.41) is 0. The molecule has 0 bridgehead atoms. The van der Waals surface area contributed by atoms with E-state index in [0.29, 0.717) is 17.0 Å². The summed E-state index contributed by atoms with van der Waals surface area (Å²) in [4.78, 5) is 4.22. The molecule has 0 saturated heterocycles. The zero-order valence-electron chi connectivity index (χ0n) is 10.4. The van der Waals surface area contributed by atoms with Crippen LogP contribution in [0, 0.1) is 0 Å². The lowest BCUT2D eigenvalue weighted by Gasteiger charge is -2.06. The molecule has 2 rings (SSSR count). The predicted octanol–water partition coefficient (Wildman–Crippen LogP) is 2.45. The molecule has 0 amide bonds. The second-order valence-electron chi connectivity index (χ2n) is 3.83. The quantitative estimate of drug-likeness (QED) is 0.667. The molecule has 0 heterocycles. The molecule has 3 nitrogen and oxygen atoms in total. The number of allylic oxidation sites excluding steroid dienone is 1. The Morgan fingerprint density at radius 1 is 1.05 bits per heavy atom. The van der Waals surface area contributed by atoms with Crippen molar-refractivity contribution in [3.63, 3.8) is 0 Å². The number of benzene rings is 2. The number of nitrogens with zero attached hydrogens (tertiary/aromatic N) is 1. The Balaban J connectivity index is 2.15. The minimum atomic E-state index is 0.666. The third kappa shape index (κ3) is 4.03. The van der Waals surface area contributed by atoms with Crippen molar-refractivity contribution < 1.29 is 4.74 Å². The molecule has 19 heavy (non-hydrogen) atoms. The van der Waals surface area contributed by atoms with Gasteiger partial charge in [0.1, 0.15) is 19.3 Å². The highest BCUT2D eigenvalue weighted by Gasteiger charge is 1.98. The van der Waals surface area contributed by atoms with Gasteiger partial charge in [0.25, 0.3) is 0 Å². The van der Waals surface area contributed by atoms with Crippen LogP contribution in [0.3, 0.4) is 0 Å². The first-order valence-corrected chi connectivity index (χ1v) is 5.82. The molecule has 0 unspecified atom stereocenters. The topological polar surface area (TPSA) is 47.6 Å². The summed E-state index contributed by atoms with van der Waals surface area (Å²) in [6.45, 7) is 0. The van der Waals surface area contributed by atoms with E-state index in [9.17, 15) is 0 Å². The van der Waals surface area contributed by atoms with E-state index in [1.165, 1.54) is 6.20 Å². The Labute approximate surface area is 113 Å². The monoisotopic (exact) mass is 248 g/mol. The van der Waals surface area contributed by atoms with Gasteiger partial charge in [-0.3, -0.25) is 4.99 Å². The van der Waals surface area contributed by atoms with E-state index >= 15 is 0 Å². The van der Waals surface area contributed by atoms with Crippen LogP contribution in [-0.2, 0) is 0 Å². The maximum Gasteiger partial charge on any atom is 0.129 e. The average molecular weight is 248 g/mol. The van der Waals surface area contributed by atoms with Crippen LogP contribution in [0.5, 0.6) is 11.5 Å². The second-order valence-corrected chi connectivity index (χ2v) is 3.83. The number of nitrogens with two attached hydrogens (primary N) is 1. The third-order valence-corrected chi connectivity index (χ3v) is 2.33. The van der Waals surface area contributed by atoms with E-state index in [-0.39, 0.29) is 0 Å². The summed E-state index contributed by atoms with van der Waals surface area (Å²) in [6, 6.07) is 14.7. The van der Waals surface area contributed by atoms with Crippen molar-refractivity contribution in [3.8, 4) is 11.5 Å². The number of hydrogen-bond acceptors (Lipinski definition) is 3. The van der Waals surface area contributed by atoms with Crippen LogP contribution in [0.25, 0.3) is 0 Å². The molecule has 2 N–H and O–H groups in total. The van der Waals surface area contributed by atoms with E-state index in [1.54, 1.807) is 18.4 Å². The summed E-state index contributed by atoms with van der Waals surface area (Å²) in [5.74, 6) is 1.40. The van der Waals surface area contributed by atoms with Crippen molar-refractivity contribution in [2.24, 2.45) is 10.7 Å². The molecule has 0 atom stereocenters. The molecule has 0 aromatic heterocycles. The highest BCUT2D eigenvalue weighted by Crippen LogP contribution is 2.24. The van der Waals surface area contributed by atoms with Gasteiger partial charge in [-0.05, 0) is 36.5 Å². The molecule has 92 valence electrons. The fraction of sp³-hybridized carbons (Fsp3) is 0. The zero-order chi connectivity index (χ0) is 13.5. The van der Waals surface area contributed by atoms with Crippen LogP contribution in [0.15, 0.2) is 65.8 Å².